The van der Waals surface area contributed by atoms with Crippen molar-refractivity contribution < 1.29 is 0 Å². The summed E-state index contributed by atoms with van der Waals surface area (Å²) in [5, 5.41) is 0. The lowest BCUT2D eigenvalue weighted by molar-refractivity contribution is 0.457. The number of rotatable bonds is 1. The van der Waals surface area contributed by atoms with Gasteiger partial charge in [-0.1, -0.05) is 13.0 Å². The van der Waals surface area contributed by atoms with E-state index in [2.05, 4.69) is 19.6 Å². The first-order valence-electron chi connectivity index (χ1n) is 4.92. The lowest BCUT2D eigenvalue weighted by Gasteiger charge is -2.06. The van der Waals surface area contributed by atoms with Gasteiger partial charge in [0.05, 0.1) is 0 Å². The van der Waals surface area contributed by atoms with E-state index in [1.54, 1.807) is 0 Å². The molecule has 2 rings (SSSR count). The lowest BCUT2D eigenvalue weighted by Crippen LogP contribution is -1.95. The summed E-state index contributed by atoms with van der Waals surface area (Å²) in [5.41, 5.74) is 0. The molecule has 11 heavy (non-hydrogen) atoms. The van der Waals surface area contributed by atoms with Crippen LogP contribution in [0.2, 0.25) is 0 Å². The van der Waals surface area contributed by atoms with Gasteiger partial charge >= 0.3 is 0 Å². The summed E-state index contributed by atoms with van der Waals surface area (Å²) in [6.07, 6.45) is 8.05. The topological polar surface area (TPSA) is 0 Å². The normalized spacial score (nSPS) is 49.2. The molecule has 0 spiro atoms. The molecule has 2 aliphatic rings. The third-order valence-electron chi connectivity index (χ3n) is 3.62. The van der Waals surface area contributed by atoms with Gasteiger partial charge in [-0.2, -0.15) is 0 Å². The summed E-state index contributed by atoms with van der Waals surface area (Å²) in [7, 11) is 0. The summed E-state index contributed by atoms with van der Waals surface area (Å²) < 4.78 is 0. The van der Waals surface area contributed by atoms with E-state index >= 15 is 0 Å². The Balaban J connectivity index is 1.98. The molecule has 0 heterocycles. The fourth-order valence-electron chi connectivity index (χ4n) is 3.16. The molecule has 0 aromatic rings. The van der Waals surface area contributed by atoms with Crippen LogP contribution in [0.4, 0.5) is 0 Å². The molecule has 0 N–H and O–H groups in total. The first kappa shape index (κ1) is 7.39. The van der Waals surface area contributed by atoms with Gasteiger partial charge in [-0.15, -0.1) is 6.58 Å². The Morgan fingerprint density at radius 1 is 1.09 bits per heavy atom. The molecule has 4 atom stereocenters. The summed E-state index contributed by atoms with van der Waals surface area (Å²) in [5.74, 6) is 3.99. The van der Waals surface area contributed by atoms with Crippen LogP contribution in [0.3, 0.4) is 0 Å². The molecule has 0 heteroatoms. The molecular formula is C11H18. The molecule has 0 nitrogen and oxygen atoms in total. The van der Waals surface area contributed by atoms with E-state index < -0.39 is 0 Å². The Hall–Kier alpha value is -0.260. The molecular weight excluding hydrogens is 132 g/mol. The van der Waals surface area contributed by atoms with Crippen molar-refractivity contribution >= 4 is 0 Å². The standard InChI is InChI=1S/C11H18/c1-3-9-6-10-4-8(2)5-11(10)7-9/h3,8-11H,1,4-7H2,2H3/t8?,9?,10-,11+. The van der Waals surface area contributed by atoms with Crippen molar-refractivity contribution in [3.05, 3.63) is 12.7 Å². The van der Waals surface area contributed by atoms with E-state index in [1.165, 1.54) is 25.7 Å². The van der Waals surface area contributed by atoms with Gasteiger partial charge in [0.2, 0.25) is 0 Å². The highest BCUT2D eigenvalue weighted by Crippen LogP contribution is 2.49. The summed E-state index contributed by atoms with van der Waals surface area (Å²) in [4.78, 5) is 0. The minimum Gasteiger partial charge on any atom is -0.103 e. The van der Waals surface area contributed by atoms with Gasteiger partial charge in [-0.25, -0.2) is 0 Å². The van der Waals surface area contributed by atoms with Crippen molar-refractivity contribution in [1.29, 1.82) is 0 Å². The van der Waals surface area contributed by atoms with Crippen LogP contribution in [-0.2, 0) is 0 Å². The molecule has 0 bridgehead atoms. The molecule has 0 radical (unpaired) electrons. The largest absolute Gasteiger partial charge is 0.103 e. The average Bonchev–Trinajstić information content (AvgIpc) is 2.43. The number of allylic oxidation sites excluding steroid dienone is 1. The second-order valence-electron chi connectivity index (χ2n) is 4.56. The molecule has 0 saturated heterocycles. The zero-order valence-corrected chi connectivity index (χ0v) is 7.42. The minimum absolute atomic E-state index is 0.859. The summed E-state index contributed by atoms with van der Waals surface area (Å²) in [6, 6.07) is 0. The zero-order chi connectivity index (χ0) is 7.84. The van der Waals surface area contributed by atoms with Crippen LogP contribution in [-0.4, -0.2) is 0 Å². The number of hydrogen-bond donors (Lipinski definition) is 0. The van der Waals surface area contributed by atoms with E-state index in [9.17, 15) is 0 Å². The van der Waals surface area contributed by atoms with E-state index in [0.717, 1.165) is 23.7 Å². The van der Waals surface area contributed by atoms with Crippen molar-refractivity contribution in [1.82, 2.24) is 0 Å². The van der Waals surface area contributed by atoms with Crippen molar-refractivity contribution in [2.45, 2.75) is 32.6 Å². The Kier molecular flexibility index (Phi) is 1.78. The van der Waals surface area contributed by atoms with Crippen molar-refractivity contribution in [3.63, 3.8) is 0 Å². The predicted molar refractivity (Wildman–Crippen MR) is 48.3 cm³/mol. The first-order chi connectivity index (χ1) is 5.29. The molecule has 0 aromatic heterocycles. The number of hydrogen-bond acceptors (Lipinski definition) is 0. The van der Waals surface area contributed by atoms with Crippen LogP contribution >= 0.6 is 0 Å². The maximum atomic E-state index is 3.89. The van der Waals surface area contributed by atoms with Crippen LogP contribution in [0, 0.1) is 23.7 Å². The van der Waals surface area contributed by atoms with Crippen molar-refractivity contribution in [2.75, 3.05) is 0 Å². The first-order valence-corrected chi connectivity index (χ1v) is 4.92. The fraction of sp³-hybridized carbons (Fsp3) is 0.818. The maximum Gasteiger partial charge on any atom is -0.0231 e. The Labute approximate surface area is 69.7 Å². The summed E-state index contributed by atoms with van der Waals surface area (Å²) >= 11 is 0. The van der Waals surface area contributed by atoms with Gasteiger partial charge in [-0.05, 0) is 49.4 Å². The highest BCUT2D eigenvalue weighted by molar-refractivity contribution is 4.95. The SMILES string of the molecule is C=CC1C[C@H]2CC(C)C[C@H]2C1. The second kappa shape index (κ2) is 2.66. The van der Waals surface area contributed by atoms with Gasteiger partial charge in [-0.3, -0.25) is 0 Å². The quantitative estimate of drug-likeness (QED) is 0.503. The monoisotopic (exact) mass is 150 g/mol. The fourth-order valence-corrected chi connectivity index (χ4v) is 3.16. The lowest BCUT2D eigenvalue weighted by atomic mass is 10.00. The van der Waals surface area contributed by atoms with Gasteiger partial charge in [0.1, 0.15) is 0 Å². The predicted octanol–water partition coefficient (Wildman–Crippen LogP) is 3.24. The molecule has 0 amide bonds. The molecule has 2 saturated carbocycles. The highest BCUT2D eigenvalue weighted by atomic mass is 14.4. The van der Waals surface area contributed by atoms with E-state index in [-0.39, 0.29) is 0 Å². The van der Waals surface area contributed by atoms with Crippen LogP contribution in [0.5, 0.6) is 0 Å². The molecule has 2 aliphatic carbocycles. The third-order valence-corrected chi connectivity index (χ3v) is 3.62. The van der Waals surface area contributed by atoms with Crippen LogP contribution in [0.15, 0.2) is 12.7 Å². The molecule has 0 aromatic carbocycles. The molecule has 2 fully saturated rings. The minimum atomic E-state index is 0.859. The zero-order valence-electron chi connectivity index (χ0n) is 7.42. The molecule has 0 aliphatic heterocycles. The third kappa shape index (κ3) is 1.23. The van der Waals surface area contributed by atoms with Crippen LogP contribution in [0.1, 0.15) is 32.6 Å². The van der Waals surface area contributed by atoms with Crippen LogP contribution < -0.4 is 0 Å². The highest BCUT2D eigenvalue weighted by Gasteiger charge is 2.38. The second-order valence-corrected chi connectivity index (χ2v) is 4.56. The van der Waals surface area contributed by atoms with Gasteiger partial charge in [0, 0.05) is 0 Å². The number of fused-ring (bicyclic) bond motifs is 1. The van der Waals surface area contributed by atoms with Gasteiger partial charge in [0.15, 0.2) is 0 Å². The Morgan fingerprint density at radius 2 is 1.64 bits per heavy atom. The van der Waals surface area contributed by atoms with Crippen molar-refractivity contribution in [3.8, 4) is 0 Å². The van der Waals surface area contributed by atoms with E-state index in [4.69, 9.17) is 0 Å². The molecule has 2 unspecified atom stereocenters. The smallest absolute Gasteiger partial charge is 0.0231 e. The van der Waals surface area contributed by atoms with E-state index in [1.807, 2.05) is 0 Å². The molecule has 62 valence electrons. The van der Waals surface area contributed by atoms with Gasteiger partial charge in [0.25, 0.3) is 0 Å². The Morgan fingerprint density at radius 3 is 2.09 bits per heavy atom. The van der Waals surface area contributed by atoms with Crippen molar-refractivity contribution in [2.24, 2.45) is 23.7 Å². The van der Waals surface area contributed by atoms with Crippen LogP contribution in [0.25, 0.3) is 0 Å². The van der Waals surface area contributed by atoms with E-state index in [0.29, 0.717) is 0 Å². The van der Waals surface area contributed by atoms with Gasteiger partial charge < -0.3 is 0 Å². The average molecular weight is 150 g/mol. The Bertz CT molecular complexity index is 145. The maximum absolute atomic E-state index is 3.89. The summed E-state index contributed by atoms with van der Waals surface area (Å²) in [6.45, 7) is 6.29.